The van der Waals surface area contributed by atoms with Gasteiger partial charge in [-0.3, -0.25) is 0 Å². The first kappa shape index (κ1) is 24.4. The average Bonchev–Trinajstić information content (AvgIpc) is 2.90. The summed E-state index contributed by atoms with van der Waals surface area (Å²) in [6.07, 6.45) is 0. The lowest BCUT2D eigenvalue weighted by Crippen LogP contribution is -2.12. The second-order valence-electron chi connectivity index (χ2n) is 8.81. The highest BCUT2D eigenvalue weighted by atomic mass is 79.9. The molecule has 0 aliphatic carbocycles. The van der Waals surface area contributed by atoms with Gasteiger partial charge in [0.2, 0.25) is 0 Å². The Kier molecular flexibility index (Phi) is 7.26. The minimum atomic E-state index is 1.06. The summed E-state index contributed by atoms with van der Waals surface area (Å²) in [5, 5.41) is 0. The molecule has 178 valence electrons. The Morgan fingerprint density at radius 1 is 0.333 bits per heavy atom. The van der Waals surface area contributed by atoms with Gasteiger partial charge < -0.3 is 9.80 Å². The number of nitrogens with zero attached hydrogens (tertiary/aromatic N) is 2. The molecule has 0 atom stereocenters. The highest BCUT2D eigenvalue weighted by molar-refractivity contribution is 9.10. The lowest BCUT2D eigenvalue weighted by atomic mass is 10.1. The Hall–Kier alpha value is -3.34. The summed E-state index contributed by atoms with van der Waals surface area (Å²) in [5.41, 5.74) is 9.16. The SMILES string of the molecule is Cc1ccc(N(c2ccc(Br)cc2)c2ccc(N(c3ccc(C)cc3)c3ccc(Br)cc3)cc2)cc1. The molecule has 0 bridgehead atoms. The van der Waals surface area contributed by atoms with E-state index in [2.05, 4.69) is 177 Å². The lowest BCUT2D eigenvalue weighted by molar-refractivity contribution is 1.25. The minimum absolute atomic E-state index is 1.06. The van der Waals surface area contributed by atoms with Gasteiger partial charge in [0.15, 0.2) is 0 Å². The maximum Gasteiger partial charge on any atom is 0.0463 e. The summed E-state index contributed by atoms with van der Waals surface area (Å²) in [5.74, 6) is 0. The van der Waals surface area contributed by atoms with Crippen LogP contribution in [0.1, 0.15) is 11.1 Å². The standard InChI is InChI=1S/C32H26Br2N2/c1-23-3-11-27(12-4-23)35(29-15-7-25(33)8-16-29)31-19-21-32(22-20-31)36(28-13-5-24(2)6-14-28)30-17-9-26(34)10-18-30/h3-22H,1-2H3. The highest BCUT2D eigenvalue weighted by Crippen LogP contribution is 2.39. The number of hydrogen-bond donors (Lipinski definition) is 0. The quantitative estimate of drug-likeness (QED) is 0.192. The molecule has 2 nitrogen and oxygen atoms in total. The maximum atomic E-state index is 3.57. The van der Waals surface area contributed by atoms with Crippen molar-refractivity contribution in [2.45, 2.75) is 13.8 Å². The lowest BCUT2D eigenvalue weighted by Gasteiger charge is -2.28. The van der Waals surface area contributed by atoms with E-state index in [0.29, 0.717) is 0 Å². The van der Waals surface area contributed by atoms with E-state index in [0.717, 1.165) is 43.1 Å². The van der Waals surface area contributed by atoms with E-state index in [1.54, 1.807) is 0 Å². The smallest absolute Gasteiger partial charge is 0.0463 e. The van der Waals surface area contributed by atoms with Crippen LogP contribution in [-0.2, 0) is 0 Å². The summed E-state index contributed by atoms with van der Waals surface area (Å²) < 4.78 is 2.13. The molecule has 36 heavy (non-hydrogen) atoms. The molecule has 0 heterocycles. The number of benzene rings is 5. The molecule has 0 saturated heterocycles. The molecule has 0 unspecified atom stereocenters. The van der Waals surface area contributed by atoms with Crippen LogP contribution < -0.4 is 9.80 Å². The molecule has 5 aromatic carbocycles. The normalized spacial score (nSPS) is 10.8. The van der Waals surface area contributed by atoms with Crippen molar-refractivity contribution in [3.8, 4) is 0 Å². The highest BCUT2D eigenvalue weighted by Gasteiger charge is 2.16. The van der Waals surface area contributed by atoms with Gasteiger partial charge in [0.25, 0.3) is 0 Å². The predicted octanol–water partition coefficient (Wildman–Crippen LogP) is 10.8. The summed E-state index contributed by atoms with van der Waals surface area (Å²) in [6.45, 7) is 4.23. The van der Waals surface area contributed by atoms with Gasteiger partial charge >= 0.3 is 0 Å². The van der Waals surface area contributed by atoms with Crippen molar-refractivity contribution in [2.75, 3.05) is 9.80 Å². The zero-order chi connectivity index (χ0) is 25.1. The molecule has 0 spiro atoms. The third-order valence-electron chi connectivity index (χ3n) is 6.12. The molecular weight excluding hydrogens is 572 g/mol. The second-order valence-corrected chi connectivity index (χ2v) is 10.6. The van der Waals surface area contributed by atoms with Crippen LogP contribution in [0, 0.1) is 13.8 Å². The number of halogens is 2. The summed E-state index contributed by atoms with van der Waals surface area (Å²) in [4.78, 5) is 4.57. The van der Waals surface area contributed by atoms with E-state index in [1.807, 2.05) is 0 Å². The van der Waals surface area contributed by atoms with Crippen LogP contribution in [0.3, 0.4) is 0 Å². The number of anilines is 6. The molecule has 0 saturated carbocycles. The van der Waals surface area contributed by atoms with Crippen LogP contribution in [0.25, 0.3) is 0 Å². The van der Waals surface area contributed by atoms with E-state index in [9.17, 15) is 0 Å². The summed E-state index contributed by atoms with van der Waals surface area (Å²) in [7, 11) is 0. The van der Waals surface area contributed by atoms with Gasteiger partial charge in [-0.25, -0.2) is 0 Å². The van der Waals surface area contributed by atoms with Gasteiger partial charge in [-0.05, 0) is 111 Å². The van der Waals surface area contributed by atoms with Crippen molar-refractivity contribution in [2.24, 2.45) is 0 Å². The van der Waals surface area contributed by atoms with Gasteiger partial charge in [-0.2, -0.15) is 0 Å². The van der Waals surface area contributed by atoms with Crippen LogP contribution in [0.2, 0.25) is 0 Å². The molecule has 0 aliphatic heterocycles. The van der Waals surface area contributed by atoms with Crippen LogP contribution in [0.15, 0.2) is 130 Å². The maximum absolute atomic E-state index is 3.57. The fraction of sp³-hybridized carbons (Fsp3) is 0.0625. The van der Waals surface area contributed by atoms with E-state index in [-0.39, 0.29) is 0 Å². The van der Waals surface area contributed by atoms with E-state index in [1.165, 1.54) is 11.1 Å². The molecule has 0 amide bonds. The molecule has 0 radical (unpaired) electrons. The number of aryl methyl sites for hydroxylation is 2. The zero-order valence-corrected chi connectivity index (χ0v) is 23.4. The summed E-state index contributed by atoms with van der Waals surface area (Å²) in [6, 6.07) is 42.9. The van der Waals surface area contributed by atoms with Gasteiger partial charge in [0.1, 0.15) is 0 Å². The van der Waals surface area contributed by atoms with Crippen molar-refractivity contribution in [1.29, 1.82) is 0 Å². The van der Waals surface area contributed by atoms with Gasteiger partial charge in [0, 0.05) is 43.1 Å². The number of rotatable bonds is 6. The Bertz CT molecular complexity index is 1220. The van der Waals surface area contributed by atoms with Gasteiger partial charge in [0.05, 0.1) is 0 Å². The first-order valence-corrected chi connectivity index (χ1v) is 13.4. The Morgan fingerprint density at radius 3 is 0.778 bits per heavy atom. The Morgan fingerprint density at radius 2 is 0.528 bits per heavy atom. The van der Waals surface area contributed by atoms with Gasteiger partial charge in [-0.1, -0.05) is 67.3 Å². The van der Waals surface area contributed by atoms with Crippen molar-refractivity contribution >= 4 is 66.0 Å². The third-order valence-corrected chi connectivity index (χ3v) is 7.18. The van der Waals surface area contributed by atoms with Crippen molar-refractivity contribution in [3.05, 3.63) is 141 Å². The van der Waals surface area contributed by atoms with Crippen LogP contribution in [0.4, 0.5) is 34.1 Å². The second kappa shape index (κ2) is 10.7. The Balaban J connectivity index is 1.57. The minimum Gasteiger partial charge on any atom is -0.311 e. The van der Waals surface area contributed by atoms with Gasteiger partial charge in [-0.15, -0.1) is 0 Å². The molecular formula is C32H26Br2N2. The molecule has 5 aromatic rings. The molecule has 0 aliphatic rings. The van der Waals surface area contributed by atoms with Crippen LogP contribution >= 0.6 is 31.9 Å². The zero-order valence-electron chi connectivity index (χ0n) is 20.2. The first-order valence-electron chi connectivity index (χ1n) is 11.8. The van der Waals surface area contributed by atoms with E-state index >= 15 is 0 Å². The van der Waals surface area contributed by atoms with Crippen LogP contribution in [-0.4, -0.2) is 0 Å². The molecule has 0 N–H and O–H groups in total. The summed E-state index contributed by atoms with van der Waals surface area (Å²) >= 11 is 7.14. The predicted molar refractivity (Wildman–Crippen MR) is 161 cm³/mol. The molecule has 4 heteroatoms. The Labute approximate surface area is 230 Å². The molecule has 5 rings (SSSR count). The number of hydrogen-bond acceptors (Lipinski definition) is 2. The monoisotopic (exact) mass is 596 g/mol. The van der Waals surface area contributed by atoms with Crippen molar-refractivity contribution < 1.29 is 0 Å². The average molecular weight is 598 g/mol. The first-order chi connectivity index (χ1) is 17.5. The molecule has 0 fully saturated rings. The van der Waals surface area contributed by atoms with Crippen molar-refractivity contribution in [3.63, 3.8) is 0 Å². The third kappa shape index (κ3) is 5.40. The molecule has 0 aromatic heterocycles. The fourth-order valence-electron chi connectivity index (χ4n) is 4.21. The fourth-order valence-corrected chi connectivity index (χ4v) is 4.74. The van der Waals surface area contributed by atoms with Crippen molar-refractivity contribution in [1.82, 2.24) is 0 Å². The van der Waals surface area contributed by atoms with Crippen LogP contribution in [0.5, 0.6) is 0 Å². The van der Waals surface area contributed by atoms with E-state index in [4.69, 9.17) is 0 Å². The van der Waals surface area contributed by atoms with E-state index < -0.39 is 0 Å². The topological polar surface area (TPSA) is 6.48 Å². The largest absolute Gasteiger partial charge is 0.311 e.